The maximum absolute atomic E-state index is 5.88. The fraction of sp³-hybridized carbons (Fsp3) is 0.435. The van der Waals surface area contributed by atoms with Gasteiger partial charge >= 0.3 is 0 Å². The summed E-state index contributed by atoms with van der Waals surface area (Å²) in [4.78, 5) is 5.65. The van der Waals surface area contributed by atoms with Gasteiger partial charge < -0.3 is 20.2 Å². The quantitative estimate of drug-likeness (QED) is 0.326. The first-order valence-electron chi connectivity index (χ1n) is 10.1. The molecule has 1 saturated heterocycles. The summed E-state index contributed by atoms with van der Waals surface area (Å²) >= 11 is 1.86. The number of fused-ring (bicyclic) bond motifs is 1. The Morgan fingerprint density at radius 3 is 2.80 bits per heavy atom. The second-order valence-corrected chi connectivity index (χ2v) is 9.56. The van der Waals surface area contributed by atoms with Crippen molar-refractivity contribution in [1.29, 1.82) is 0 Å². The molecule has 6 nitrogen and oxygen atoms in total. The molecule has 2 heterocycles. The molecule has 0 spiro atoms. The van der Waals surface area contributed by atoms with Crippen molar-refractivity contribution in [2.75, 3.05) is 19.0 Å². The van der Waals surface area contributed by atoms with Gasteiger partial charge in [-0.05, 0) is 58.2 Å². The number of benzene rings is 1. The monoisotopic (exact) mass is 428 g/mol. The van der Waals surface area contributed by atoms with E-state index in [1.54, 1.807) is 13.3 Å². The zero-order chi connectivity index (χ0) is 21.9. The van der Waals surface area contributed by atoms with Crippen LogP contribution in [-0.2, 0) is 4.74 Å². The molecule has 1 atom stereocenters. The highest BCUT2D eigenvalue weighted by molar-refractivity contribution is 8.00. The lowest BCUT2D eigenvalue weighted by atomic mass is 9.98. The molecule has 162 valence electrons. The summed E-state index contributed by atoms with van der Waals surface area (Å²) in [5, 5.41) is 4.93. The molecule has 1 aliphatic rings. The third-order valence-electron chi connectivity index (χ3n) is 5.49. The molecular formula is C23H32N4O2S. The van der Waals surface area contributed by atoms with Gasteiger partial charge in [0.05, 0.1) is 23.1 Å². The van der Waals surface area contributed by atoms with Gasteiger partial charge in [0, 0.05) is 46.6 Å². The van der Waals surface area contributed by atoms with Crippen LogP contribution >= 0.6 is 11.8 Å². The van der Waals surface area contributed by atoms with E-state index in [-0.39, 0.29) is 5.60 Å². The van der Waals surface area contributed by atoms with Gasteiger partial charge in [0.1, 0.15) is 5.75 Å². The standard InChI is InChI=1S/C23H32N4O2S/c1-14(16(3)27-24)15(2)26-19-7-9-25-20-12-21(28-6)22(11-18(19)20)30-17-8-10-29-23(4,5)13-17/h7,9,11-12,17,27H,2,8,10,13,24H2,1,3-6H3,(H,25,26)/b16-14-. The first-order chi connectivity index (χ1) is 14.2. The summed E-state index contributed by atoms with van der Waals surface area (Å²) in [6, 6.07) is 6.13. The molecule has 1 aromatic heterocycles. The number of allylic oxidation sites excluding steroid dienone is 2. The number of rotatable bonds is 7. The van der Waals surface area contributed by atoms with E-state index >= 15 is 0 Å². The number of hydrazine groups is 1. The van der Waals surface area contributed by atoms with E-state index < -0.39 is 0 Å². The molecule has 1 aromatic carbocycles. The van der Waals surface area contributed by atoms with Crippen LogP contribution in [0.4, 0.5) is 5.69 Å². The van der Waals surface area contributed by atoms with E-state index in [2.05, 4.69) is 42.2 Å². The Morgan fingerprint density at radius 2 is 2.13 bits per heavy atom. The average molecular weight is 429 g/mol. The van der Waals surface area contributed by atoms with Crippen molar-refractivity contribution in [2.45, 2.75) is 56.3 Å². The Bertz CT molecular complexity index is 971. The summed E-state index contributed by atoms with van der Waals surface area (Å²) in [6.45, 7) is 13.2. The van der Waals surface area contributed by atoms with Crippen LogP contribution in [0.25, 0.3) is 10.9 Å². The highest BCUT2D eigenvalue weighted by Gasteiger charge is 2.30. The number of nitrogens with two attached hydrogens (primary N) is 1. The number of hydrogen-bond donors (Lipinski definition) is 3. The fourth-order valence-corrected chi connectivity index (χ4v) is 5.06. The van der Waals surface area contributed by atoms with Crippen LogP contribution in [0.5, 0.6) is 5.75 Å². The predicted molar refractivity (Wildman–Crippen MR) is 126 cm³/mol. The Morgan fingerprint density at radius 1 is 1.37 bits per heavy atom. The number of aromatic nitrogens is 1. The first kappa shape index (κ1) is 22.5. The van der Waals surface area contributed by atoms with Crippen molar-refractivity contribution < 1.29 is 9.47 Å². The number of methoxy groups -OCH3 is 1. The molecule has 0 radical (unpaired) electrons. The smallest absolute Gasteiger partial charge is 0.134 e. The molecule has 2 aromatic rings. The highest BCUT2D eigenvalue weighted by Crippen LogP contribution is 2.42. The van der Waals surface area contributed by atoms with Crippen LogP contribution in [-0.4, -0.2) is 29.6 Å². The molecule has 0 aliphatic carbocycles. The number of hydrogen-bond acceptors (Lipinski definition) is 7. The second kappa shape index (κ2) is 9.29. The zero-order valence-corrected chi connectivity index (χ0v) is 19.3. The summed E-state index contributed by atoms with van der Waals surface area (Å²) in [6.07, 6.45) is 3.82. The molecule has 0 amide bonds. The molecule has 30 heavy (non-hydrogen) atoms. The van der Waals surface area contributed by atoms with Gasteiger partial charge in [0.15, 0.2) is 0 Å². The van der Waals surface area contributed by atoms with Gasteiger partial charge in [-0.15, -0.1) is 11.8 Å². The number of pyridine rings is 1. The highest BCUT2D eigenvalue weighted by atomic mass is 32.2. The predicted octanol–water partition coefficient (Wildman–Crippen LogP) is 4.98. The van der Waals surface area contributed by atoms with Crippen LogP contribution in [0.15, 0.2) is 52.8 Å². The number of nitrogens with zero attached hydrogens (tertiary/aromatic N) is 1. The molecular weight excluding hydrogens is 396 g/mol. The third kappa shape index (κ3) is 5.09. The third-order valence-corrected chi connectivity index (χ3v) is 6.80. The lowest BCUT2D eigenvalue weighted by molar-refractivity contribution is -0.0485. The van der Waals surface area contributed by atoms with Crippen molar-refractivity contribution >= 4 is 28.4 Å². The van der Waals surface area contributed by atoms with Crippen molar-refractivity contribution in [3.63, 3.8) is 0 Å². The molecule has 0 saturated carbocycles. The molecule has 7 heteroatoms. The van der Waals surface area contributed by atoms with E-state index in [1.807, 2.05) is 37.7 Å². The first-order valence-corrected chi connectivity index (χ1v) is 11.0. The minimum absolute atomic E-state index is 0.0925. The molecule has 0 bridgehead atoms. The second-order valence-electron chi connectivity index (χ2n) is 8.22. The number of thioether (sulfide) groups is 1. The minimum atomic E-state index is -0.0925. The number of anilines is 1. The molecule has 1 fully saturated rings. The van der Waals surface area contributed by atoms with E-state index in [4.69, 9.17) is 15.3 Å². The molecule has 1 aliphatic heterocycles. The Hall–Kier alpha value is -2.22. The van der Waals surface area contributed by atoms with Crippen LogP contribution in [0.3, 0.4) is 0 Å². The summed E-state index contributed by atoms with van der Waals surface area (Å²) in [7, 11) is 1.71. The largest absolute Gasteiger partial charge is 0.496 e. The Labute approximate surface area is 183 Å². The van der Waals surface area contributed by atoms with Gasteiger partial charge in [0.2, 0.25) is 0 Å². The lowest BCUT2D eigenvalue weighted by Gasteiger charge is -2.35. The minimum Gasteiger partial charge on any atom is -0.496 e. The van der Waals surface area contributed by atoms with Crippen molar-refractivity contribution in [3.05, 3.63) is 47.9 Å². The number of ether oxygens (including phenoxy) is 2. The van der Waals surface area contributed by atoms with Crippen LogP contribution < -0.4 is 21.3 Å². The van der Waals surface area contributed by atoms with Crippen molar-refractivity contribution in [3.8, 4) is 5.75 Å². The summed E-state index contributed by atoms with van der Waals surface area (Å²) in [5.74, 6) is 6.39. The lowest BCUT2D eigenvalue weighted by Crippen LogP contribution is -2.35. The Kier molecular flexibility index (Phi) is 6.95. The fourth-order valence-electron chi connectivity index (χ4n) is 3.56. The van der Waals surface area contributed by atoms with Gasteiger partial charge in [-0.25, -0.2) is 0 Å². The van der Waals surface area contributed by atoms with Crippen LogP contribution in [0.1, 0.15) is 40.5 Å². The molecule has 3 rings (SSSR count). The topological polar surface area (TPSA) is 81.4 Å². The van der Waals surface area contributed by atoms with Gasteiger partial charge in [-0.1, -0.05) is 6.58 Å². The van der Waals surface area contributed by atoms with E-state index in [0.29, 0.717) is 5.25 Å². The maximum atomic E-state index is 5.88. The van der Waals surface area contributed by atoms with Gasteiger partial charge in [-0.3, -0.25) is 10.8 Å². The van der Waals surface area contributed by atoms with Gasteiger partial charge in [0.25, 0.3) is 0 Å². The summed E-state index contributed by atoms with van der Waals surface area (Å²) < 4.78 is 11.6. The van der Waals surface area contributed by atoms with Gasteiger partial charge in [-0.2, -0.15) is 0 Å². The van der Waals surface area contributed by atoms with E-state index in [9.17, 15) is 0 Å². The van der Waals surface area contributed by atoms with E-state index in [1.165, 1.54) is 0 Å². The Balaban J connectivity index is 1.95. The molecule has 1 unspecified atom stereocenters. The van der Waals surface area contributed by atoms with E-state index in [0.717, 1.165) is 63.7 Å². The van der Waals surface area contributed by atoms with Crippen LogP contribution in [0.2, 0.25) is 0 Å². The molecule has 4 N–H and O–H groups in total. The van der Waals surface area contributed by atoms with Crippen molar-refractivity contribution in [1.82, 2.24) is 10.4 Å². The van der Waals surface area contributed by atoms with Crippen molar-refractivity contribution in [2.24, 2.45) is 5.84 Å². The maximum Gasteiger partial charge on any atom is 0.134 e. The van der Waals surface area contributed by atoms with Crippen LogP contribution in [0, 0.1) is 0 Å². The normalized spacial score (nSPS) is 19.2. The number of nitrogens with one attached hydrogen (secondary N) is 2. The summed E-state index contributed by atoms with van der Waals surface area (Å²) in [5.41, 5.74) is 7.03. The zero-order valence-electron chi connectivity index (χ0n) is 18.5. The SMILES string of the molecule is C=C(Nc1ccnc2cc(OC)c(SC3CCOC(C)(C)C3)cc12)/C(C)=C(/C)NN. The average Bonchev–Trinajstić information content (AvgIpc) is 2.71.